The maximum atomic E-state index is 11.9. The molecule has 1 unspecified atom stereocenters. The van der Waals surface area contributed by atoms with Gasteiger partial charge >= 0.3 is 0 Å². The Morgan fingerprint density at radius 1 is 0.977 bits per heavy atom. The number of pyridine rings is 1. The Labute approximate surface area is 258 Å². The zero-order valence-electron chi connectivity index (χ0n) is 25.3. The topological polar surface area (TPSA) is 107 Å². The highest BCUT2D eigenvalue weighted by Crippen LogP contribution is 2.35. The summed E-state index contributed by atoms with van der Waals surface area (Å²) < 4.78 is 45.6. The second kappa shape index (κ2) is 12.5. The van der Waals surface area contributed by atoms with Gasteiger partial charge in [-0.25, -0.2) is 17.6 Å². The van der Waals surface area contributed by atoms with Crippen LogP contribution < -0.4 is 14.5 Å². The molecule has 0 radical (unpaired) electrons. The van der Waals surface area contributed by atoms with Gasteiger partial charge in [-0.05, 0) is 49.9 Å². The largest absolute Gasteiger partial charge is 0.492 e. The van der Waals surface area contributed by atoms with Crippen molar-refractivity contribution in [3.63, 3.8) is 0 Å². The minimum Gasteiger partial charge on any atom is -0.492 e. The van der Waals surface area contributed by atoms with Gasteiger partial charge in [-0.3, -0.25) is 4.90 Å². The van der Waals surface area contributed by atoms with Crippen LogP contribution in [0.4, 0.5) is 11.4 Å². The fourth-order valence-corrected chi connectivity index (χ4v) is 7.10. The highest BCUT2D eigenvalue weighted by molar-refractivity contribution is 7.90. The lowest BCUT2D eigenvalue weighted by Gasteiger charge is -2.37. The molecule has 0 bridgehead atoms. The first kappa shape index (κ1) is 29.3. The van der Waals surface area contributed by atoms with Gasteiger partial charge in [0.15, 0.2) is 21.7 Å². The molecule has 3 aliphatic heterocycles. The minimum atomic E-state index is -3.22. The predicted molar refractivity (Wildman–Crippen MR) is 169 cm³/mol. The number of hydrogen-bond donors (Lipinski definition) is 0. The number of nitrogens with zero attached hydrogens (tertiary/aromatic N) is 7. The normalized spacial score (nSPS) is 20.5. The monoisotopic (exact) mass is 623 g/mol. The van der Waals surface area contributed by atoms with Gasteiger partial charge < -0.3 is 24.0 Å². The van der Waals surface area contributed by atoms with Crippen molar-refractivity contribution in [3.05, 3.63) is 42.7 Å². The summed E-state index contributed by atoms with van der Waals surface area (Å²) in [6.07, 6.45) is 9.12. The van der Waals surface area contributed by atoms with Crippen LogP contribution in [-0.4, -0.2) is 111 Å². The Morgan fingerprint density at radius 2 is 1.75 bits per heavy atom. The van der Waals surface area contributed by atoms with Crippen molar-refractivity contribution in [2.24, 2.45) is 0 Å². The SMILES string of the molecule is CS(=O)(=O)c1ccc(N2CCN(c3cc(OCCCN4CCOCC4)cn4nc5c(cnn5C5CCCCO5)c34)CC2)cc1. The number of fused-ring (bicyclic) bond motifs is 3. The van der Waals surface area contributed by atoms with E-state index >= 15 is 0 Å². The molecule has 3 aliphatic rings. The fourth-order valence-electron chi connectivity index (χ4n) is 6.47. The number of morpholine rings is 1. The van der Waals surface area contributed by atoms with Gasteiger partial charge in [-0.1, -0.05) is 0 Å². The molecule has 12 nitrogen and oxygen atoms in total. The molecule has 0 spiro atoms. The standard InChI is InChI=1S/C31H41N7O5S/c1-44(39,40)26-8-6-24(7-9-26)35-11-13-36(14-12-35)28-21-25(42-18-4-10-34-15-19-41-20-16-34)23-37-30(28)27-22-32-38(31(27)33-37)29-5-2-3-17-43-29/h6-9,21-23,29H,2-5,10-20H2,1H3. The Bertz CT molecular complexity index is 1680. The van der Waals surface area contributed by atoms with Gasteiger partial charge in [-0.2, -0.15) is 5.10 Å². The highest BCUT2D eigenvalue weighted by Gasteiger charge is 2.26. The maximum Gasteiger partial charge on any atom is 0.183 e. The quantitative estimate of drug-likeness (QED) is 0.258. The Hall–Kier alpha value is -3.39. The number of aromatic nitrogens is 4. The van der Waals surface area contributed by atoms with Crippen LogP contribution in [0.2, 0.25) is 0 Å². The van der Waals surface area contributed by atoms with E-state index < -0.39 is 9.84 Å². The third kappa shape index (κ3) is 6.10. The molecular weight excluding hydrogens is 582 g/mol. The molecular formula is C31H41N7O5S. The Balaban J connectivity index is 1.13. The van der Waals surface area contributed by atoms with Crippen LogP contribution in [0.15, 0.2) is 47.6 Å². The number of anilines is 2. The van der Waals surface area contributed by atoms with Crippen LogP contribution in [0.5, 0.6) is 5.75 Å². The summed E-state index contributed by atoms with van der Waals surface area (Å²) in [6, 6.07) is 9.33. The lowest BCUT2D eigenvalue weighted by Crippen LogP contribution is -2.46. The van der Waals surface area contributed by atoms with Gasteiger partial charge in [0.25, 0.3) is 0 Å². The molecule has 0 amide bonds. The number of sulfone groups is 1. The van der Waals surface area contributed by atoms with Crippen molar-refractivity contribution in [3.8, 4) is 5.75 Å². The molecule has 0 N–H and O–H groups in total. The molecule has 4 aromatic rings. The molecule has 236 valence electrons. The van der Waals surface area contributed by atoms with Gasteiger partial charge in [-0.15, -0.1) is 5.10 Å². The smallest absolute Gasteiger partial charge is 0.183 e. The number of hydrogen-bond acceptors (Lipinski definition) is 10. The van der Waals surface area contributed by atoms with Crippen LogP contribution in [-0.2, 0) is 19.3 Å². The first-order chi connectivity index (χ1) is 21.4. The first-order valence-electron chi connectivity index (χ1n) is 15.7. The van der Waals surface area contributed by atoms with Crippen molar-refractivity contribution in [1.82, 2.24) is 24.3 Å². The van der Waals surface area contributed by atoms with E-state index in [4.69, 9.17) is 24.4 Å². The molecule has 44 heavy (non-hydrogen) atoms. The number of piperazine rings is 1. The molecule has 3 aromatic heterocycles. The first-order valence-corrected chi connectivity index (χ1v) is 17.6. The number of benzene rings is 1. The van der Waals surface area contributed by atoms with Crippen molar-refractivity contribution in [2.45, 2.75) is 36.8 Å². The highest BCUT2D eigenvalue weighted by atomic mass is 32.2. The van der Waals surface area contributed by atoms with E-state index in [2.05, 4.69) is 20.8 Å². The zero-order chi connectivity index (χ0) is 30.1. The van der Waals surface area contributed by atoms with E-state index in [1.165, 1.54) is 6.26 Å². The number of rotatable bonds is 9. The van der Waals surface area contributed by atoms with Crippen molar-refractivity contribution in [1.29, 1.82) is 0 Å². The van der Waals surface area contributed by atoms with Crippen LogP contribution in [0.3, 0.4) is 0 Å². The molecule has 0 aliphatic carbocycles. The van der Waals surface area contributed by atoms with E-state index in [0.717, 1.165) is 125 Å². The van der Waals surface area contributed by atoms with Crippen molar-refractivity contribution < 1.29 is 22.6 Å². The van der Waals surface area contributed by atoms with Gasteiger partial charge in [0, 0.05) is 70.4 Å². The molecule has 6 heterocycles. The van der Waals surface area contributed by atoms with Gasteiger partial charge in [0.2, 0.25) is 0 Å². The van der Waals surface area contributed by atoms with E-state index in [1.54, 1.807) is 12.1 Å². The Morgan fingerprint density at radius 3 is 2.48 bits per heavy atom. The summed E-state index contributed by atoms with van der Waals surface area (Å²) in [5.74, 6) is 0.798. The summed E-state index contributed by atoms with van der Waals surface area (Å²) in [5.41, 5.74) is 3.95. The van der Waals surface area contributed by atoms with E-state index in [0.29, 0.717) is 11.5 Å². The molecule has 0 saturated carbocycles. The third-order valence-electron chi connectivity index (χ3n) is 8.90. The lowest BCUT2D eigenvalue weighted by atomic mass is 10.2. The molecule has 13 heteroatoms. The maximum absolute atomic E-state index is 11.9. The van der Waals surface area contributed by atoms with E-state index in [-0.39, 0.29) is 6.23 Å². The zero-order valence-corrected chi connectivity index (χ0v) is 26.1. The average Bonchev–Trinajstić information content (AvgIpc) is 3.63. The summed E-state index contributed by atoms with van der Waals surface area (Å²) >= 11 is 0. The van der Waals surface area contributed by atoms with Crippen molar-refractivity contribution >= 4 is 37.8 Å². The predicted octanol–water partition coefficient (Wildman–Crippen LogP) is 3.21. The fraction of sp³-hybridized carbons (Fsp3) is 0.548. The summed E-state index contributed by atoms with van der Waals surface area (Å²) in [6.45, 7) is 9.15. The van der Waals surface area contributed by atoms with E-state index in [1.807, 2.05) is 33.7 Å². The van der Waals surface area contributed by atoms with Crippen LogP contribution >= 0.6 is 0 Å². The summed E-state index contributed by atoms with van der Waals surface area (Å²) in [5, 5.41) is 10.7. The Kier molecular flexibility index (Phi) is 8.36. The van der Waals surface area contributed by atoms with E-state index in [9.17, 15) is 8.42 Å². The molecule has 1 aromatic carbocycles. The third-order valence-corrected chi connectivity index (χ3v) is 10.0. The second-order valence-corrected chi connectivity index (χ2v) is 13.9. The molecule has 3 saturated heterocycles. The molecule has 7 rings (SSSR count). The number of ether oxygens (including phenoxy) is 3. The average molecular weight is 624 g/mol. The summed E-state index contributed by atoms with van der Waals surface area (Å²) in [4.78, 5) is 7.46. The van der Waals surface area contributed by atoms with Crippen LogP contribution in [0.25, 0.3) is 16.6 Å². The minimum absolute atomic E-state index is 0.0943. The molecule has 3 fully saturated rings. The van der Waals surface area contributed by atoms with Crippen LogP contribution in [0, 0.1) is 0 Å². The van der Waals surface area contributed by atoms with Gasteiger partial charge in [0.1, 0.15) is 11.3 Å². The second-order valence-electron chi connectivity index (χ2n) is 11.9. The molecule has 1 atom stereocenters. The summed E-state index contributed by atoms with van der Waals surface area (Å²) in [7, 11) is -3.22. The van der Waals surface area contributed by atoms with Gasteiger partial charge in [0.05, 0.1) is 48.2 Å². The lowest BCUT2D eigenvalue weighted by molar-refractivity contribution is -0.0370. The van der Waals surface area contributed by atoms with Crippen LogP contribution in [0.1, 0.15) is 31.9 Å². The van der Waals surface area contributed by atoms with Crippen molar-refractivity contribution in [2.75, 3.05) is 88.3 Å².